The highest BCUT2D eigenvalue weighted by atomic mass is 14.9. The van der Waals surface area contributed by atoms with Crippen LogP contribution in [0.3, 0.4) is 0 Å². The SMILES string of the molecule is CC1(C)c2ccccc2-c2ccc(-c3cc(-c4ccccc4)nc(-c4ccc(-c5cccc6c5C(C)(C)c5ccc7ccccc7c5-6)c5ccccc45)n3)cc21. The highest BCUT2D eigenvalue weighted by molar-refractivity contribution is 6.08. The molecule has 0 fully saturated rings. The van der Waals surface area contributed by atoms with Crippen LogP contribution in [0.5, 0.6) is 0 Å². The van der Waals surface area contributed by atoms with E-state index in [1.54, 1.807) is 0 Å². The minimum atomic E-state index is -0.168. The maximum atomic E-state index is 5.40. The highest BCUT2D eigenvalue weighted by Crippen LogP contribution is 2.55. The number of aromatic nitrogens is 2. The van der Waals surface area contributed by atoms with E-state index in [1.807, 2.05) is 0 Å². The molecule has 2 aliphatic carbocycles. The van der Waals surface area contributed by atoms with Gasteiger partial charge in [0, 0.05) is 27.5 Å². The molecular formula is C54H40N2. The van der Waals surface area contributed by atoms with E-state index in [9.17, 15) is 0 Å². The van der Waals surface area contributed by atoms with Crippen LogP contribution in [-0.2, 0) is 10.8 Å². The van der Waals surface area contributed by atoms with E-state index >= 15 is 0 Å². The molecule has 0 N–H and O–H groups in total. The molecule has 2 nitrogen and oxygen atoms in total. The fourth-order valence-corrected chi connectivity index (χ4v) is 9.94. The molecule has 0 amide bonds. The van der Waals surface area contributed by atoms with E-state index in [1.165, 1.54) is 71.8 Å². The minimum absolute atomic E-state index is 0.104. The zero-order valence-corrected chi connectivity index (χ0v) is 32.1. The predicted molar refractivity (Wildman–Crippen MR) is 234 cm³/mol. The first kappa shape index (κ1) is 32.8. The van der Waals surface area contributed by atoms with Crippen molar-refractivity contribution < 1.29 is 0 Å². The Morgan fingerprint density at radius 3 is 1.79 bits per heavy atom. The molecule has 56 heavy (non-hydrogen) atoms. The van der Waals surface area contributed by atoms with Crippen molar-refractivity contribution in [3.8, 4) is 67.3 Å². The molecule has 11 rings (SSSR count). The van der Waals surface area contributed by atoms with Gasteiger partial charge in [-0.25, -0.2) is 9.97 Å². The number of benzene rings is 8. The maximum Gasteiger partial charge on any atom is 0.161 e. The minimum Gasteiger partial charge on any atom is -0.228 e. The molecule has 0 unspecified atom stereocenters. The lowest BCUT2D eigenvalue weighted by Gasteiger charge is -2.25. The Kier molecular flexibility index (Phi) is 6.98. The third-order valence-corrected chi connectivity index (χ3v) is 12.7. The first-order valence-electron chi connectivity index (χ1n) is 19.7. The summed E-state index contributed by atoms with van der Waals surface area (Å²) in [6, 6.07) is 62.0. The van der Waals surface area contributed by atoms with Crippen LogP contribution in [0, 0.1) is 0 Å². The molecule has 2 heteroatoms. The lowest BCUT2D eigenvalue weighted by Crippen LogP contribution is -2.16. The van der Waals surface area contributed by atoms with Crippen LogP contribution in [0.4, 0.5) is 0 Å². The molecule has 2 aliphatic rings. The van der Waals surface area contributed by atoms with E-state index in [-0.39, 0.29) is 10.8 Å². The lowest BCUT2D eigenvalue weighted by atomic mass is 9.78. The molecule has 0 saturated heterocycles. The van der Waals surface area contributed by atoms with Gasteiger partial charge in [-0.05, 0) is 95.4 Å². The quantitative estimate of drug-likeness (QED) is 0.181. The lowest BCUT2D eigenvalue weighted by molar-refractivity contribution is 0.660. The molecule has 0 bridgehead atoms. The van der Waals surface area contributed by atoms with Crippen molar-refractivity contribution in [2.75, 3.05) is 0 Å². The van der Waals surface area contributed by atoms with E-state index < -0.39 is 0 Å². The van der Waals surface area contributed by atoms with Crippen LogP contribution in [0.25, 0.3) is 88.8 Å². The first-order valence-corrected chi connectivity index (χ1v) is 19.7. The van der Waals surface area contributed by atoms with Crippen LogP contribution < -0.4 is 0 Å². The van der Waals surface area contributed by atoms with Crippen LogP contribution >= 0.6 is 0 Å². The zero-order chi connectivity index (χ0) is 37.8. The maximum absolute atomic E-state index is 5.40. The largest absolute Gasteiger partial charge is 0.228 e. The van der Waals surface area contributed by atoms with Gasteiger partial charge < -0.3 is 0 Å². The van der Waals surface area contributed by atoms with Crippen molar-refractivity contribution in [1.82, 2.24) is 9.97 Å². The van der Waals surface area contributed by atoms with Crippen LogP contribution in [0.2, 0.25) is 0 Å². The third-order valence-electron chi connectivity index (χ3n) is 12.7. The van der Waals surface area contributed by atoms with E-state index in [4.69, 9.17) is 9.97 Å². The summed E-state index contributed by atoms with van der Waals surface area (Å²) in [6.07, 6.45) is 0. The molecule has 0 saturated carbocycles. The zero-order valence-electron chi connectivity index (χ0n) is 32.1. The standard InChI is InChI=1S/C54H40N2/c1-53(2)45-24-13-12-21-40(45)41-27-25-35(31-47(41)53)49-32-48(34-16-6-5-7-17-34)55-52(56-49)43-29-28-39(37-19-10-11-20-38(37)43)42-22-14-23-44-50-36-18-9-8-15-33(36)26-30-46(50)54(3,4)51(42)44/h5-32H,1-4H3. The molecular weight excluding hydrogens is 677 g/mol. The van der Waals surface area contributed by atoms with Crippen LogP contribution in [-0.4, -0.2) is 9.97 Å². The molecule has 0 spiro atoms. The van der Waals surface area contributed by atoms with Gasteiger partial charge in [0.05, 0.1) is 11.4 Å². The number of fused-ring (bicyclic) bond motifs is 9. The van der Waals surface area contributed by atoms with Crippen molar-refractivity contribution in [2.45, 2.75) is 38.5 Å². The molecule has 266 valence electrons. The second-order valence-corrected chi connectivity index (χ2v) is 16.5. The second kappa shape index (κ2) is 11.9. The monoisotopic (exact) mass is 716 g/mol. The van der Waals surface area contributed by atoms with Gasteiger partial charge in [-0.1, -0.05) is 179 Å². The topological polar surface area (TPSA) is 25.8 Å². The number of rotatable bonds is 4. The summed E-state index contributed by atoms with van der Waals surface area (Å²) in [6.45, 7) is 9.44. The summed E-state index contributed by atoms with van der Waals surface area (Å²) >= 11 is 0. The Morgan fingerprint density at radius 1 is 0.357 bits per heavy atom. The summed E-state index contributed by atoms with van der Waals surface area (Å²) in [5, 5.41) is 4.93. The van der Waals surface area contributed by atoms with Crippen LogP contribution in [0.15, 0.2) is 170 Å². The van der Waals surface area contributed by atoms with Crippen molar-refractivity contribution >= 4 is 21.5 Å². The number of nitrogens with zero attached hydrogens (tertiary/aromatic N) is 2. The van der Waals surface area contributed by atoms with Gasteiger partial charge in [0.15, 0.2) is 5.82 Å². The normalized spacial score (nSPS) is 14.4. The number of hydrogen-bond donors (Lipinski definition) is 0. The average Bonchev–Trinajstić information content (AvgIpc) is 3.63. The van der Waals surface area contributed by atoms with Crippen LogP contribution in [0.1, 0.15) is 49.9 Å². The van der Waals surface area contributed by atoms with Gasteiger partial charge in [-0.15, -0.1) is 0 Å². The summed E-state index contributed by atoms with van der Waals surface area (Å²) in [5.74, 6) is 0.727. The van der Waals surface area contributed by atoms with Gasteiger partial charge in [0.1, 0.15) is 0 Å². The van der Waals surface area contributed by atoms with E-state index in [2.05, 4.69) is 198 Å². The van der Waals surface area contributed by atoms with Gasteiger partial charge in [0.2, 0.25) is 0 Å². The van der Waals surface area contributed by atoms with Crippen molar-refractivity contribution in [1.29, 1.82) is 0 Å². The molecule has 9 aromatic rings. The summed E-state index contributed by atoms with van der Waals surface area (Å²) < 4.78 is 0. The summed E-state index contributed by atoms with van der Waals surface area (Å²) in [7, 11) is 0. The molecule has 1 aromatic heterocycles. The number of hydrogen-bond acceptors (Lipinski definition) is 2. The Balaban J connectivity index is 1.10. The fourth-order valence-electron chi connectivity index (χ4n) is 9.94. The molecule has 0 radical (unpaired) electrons. The van der Waals surface area contributed by atoms with Crippen molar-refractivity contribution in [3.63, 3.8) is 0 Å². The Bertz CT molecular complexity index is 3080. The summed E-state index contributed by atoms with van der Waals surface area (Å²) in [5.41, 5.74) is 18.1. The predicted octanol–water partition coefficient (Wildman–Crippen LogP) is 14.1. The van der Waals surface area contributed by atoms with Gasteiger partial charge in [-0.3, -0.25) is 0 Å². The Labute approximate surface area is 328 Å². The Hall–Kier alpha value is -6.64. The van der Waals surface area contributed by atoms with E-state index in [0.29, 0.717) is 0 Å². The van der Waals surface area contributed by atoms with Crippen molar-refractivity contribution in [3.05, 3.63) is 192 Å². The smallest absolute Gasteiger partial charge is 0.161 e. The fraction of sp³-hybridized carbons (Fsp3) is 0.111. The van der Waals surface area contributed by atoms with Gasteiger partial charge in [0.25, 0.3) is 0 Å². The second-order valence-electron chi connectivity index (χ2n) is 16.5. The average molecular weight is 717 g/mol. The molecule has 0 aliphatic heterocycles. The van der Waals surface area contributed by atoms with E-state index in [0.717, 1.165) is 39.3 Å². The third kappa shape index (κ3) is 4.69. The van der Waals surface area contributed by atoms with Gasteiger partial charge in [-0.2, -0.15) is 0 Å². The molecule has 1 heterocycles. The Morgan fingerprint density at radius 2 is 0.964 bits per heavy atom. The summed E-state index contributed by atoms with van der Waals surface area (Å²) in [4.78, 5) is 10.7. The molecule has 0 atom stereocenters. The molecule has 8 aromatic carbocycles. The first-order chi connectivity index (χ1) is 27.3. The highest BCUT2D eigenvalue weighted by Gasteiger charge is 2.39. The van der Waals surface area contributed by atoms with Crippen molar-refractivity contribution in [2.24, 2.45) is 0 Å². The van der Waals surface area contributed by atoms with Gasteiger partial charge >= 0.3 is 0 Å².